The van der Waals surface area contributed by atoms with Gasteiger partial charge in [0.15, 0.2) is 5.75 Å². The van der Waals surface area contributed by atoms with E-state index in [2.05, 4.69) is 47.6 Å². The Labute approximate surface area is 187 Å². The molecule has 2 atom stereocenters. The first kappa shape index (κ1) is 24.9. The molecule has 3 rings (SSSR count). The van der Waals surface area contributed by atoms with Gasteiger partial charge in [0, 0.05) is 30.8 Å². The average Bonchev–Trinajstić information content (AvgIpc) is 2.82. The van der Waals surface area contributed by atoms with Crippen molar-refractivity contribution in [1.82, 2.24) is 10.3 Å². The van der Waals surface area contributed by atoms with Crippen molar-refractivity contribution in [1.29, 1.82) is 0 Å². The first-order chi connectivity index (χ1) is 15.5. The lowest BCUT2D eigenvalue weighted by Crippen LogP contribution is -2.38. The highest BCUT2D eigenvalue weighted by atomic mass is 16.5. The van der Waals surface area contributed by atoms with E-state index in [0.29, 0.717) is 43.1 Å². The Kier molecular flexibility index (Phi) is 10.7. The number of piperidine rings is 1. The van der Waals surface area contributed by atoms with E-state index < -0.39 is 11.9 Å². The third kappa shape index (κ3) is 8.77. The van der Waals surface area contributed by atoms with Gasteiger partial charge in [0.1, 0.15) is 0 Å². The van der Waals surface area contributed by atoms with Crippen LogP contribution in [-0.4, -0.2) is 53.4 Å². The Balaban J connectivity index is 0.000000390. The van der Waals surface area contributed by atoms with Crippen molar-refractivity contribution in [2.24, 2.45) is 5.92 Å². The Morgan fingerprint density at radius 1 is 1.09 bits per heavy atom. The number of pyridine rings is 1. The molecular weight excluding hydrogens is 412 g/mol. The molecule has 2 heterocycles. The van der Waals surface area contributed by atoms with Crippen molar-refractivity contribution in [3.63, 3.8) is 0 Å². The molecule has 0 unspecified atom stereocenters. The number of nitrogens with one attached hydrogen (secondary N) is 1. The van der Waals surface area contributed by atoms with Gasteiger partial charge in [-0.15, -0.1) is 0 Å². The van der Waals surface area contributed by atoms with Gasteiger partial charge in [-0.3, -0.25) is 0 Å². The summed E-state index contributed by atoms with van der Waals surface area (Å²) >= 11 is 0. The Morgan fingerprint density at radius 2 is 1.81 bits per heavy atom. The third-order valence-corrected chi connectivity index (χ3v) is 4.84. The molecule has 1 aliphatic rings. The highest BCUT2D eigenvalue weighted by Crippen LogP contribution is 2.32. The minimum Gasteiger partial charge on any atom is -0.488 e. The molecule has 8 nitrogen and oxygen atoms in total. The summed E-state index contributed by atoms with van der Waals surface area (Å²) in [6.07, 6.45) is 4.96. The molecule has 1 saturated heterocycles. The highest BCUT2D eigenvalue weighted by Gasteiger charge is 2.27. The van der Waals surface area contributed by atoms with E-state index in [-0.39, 0.29) is 0 Å². The van der Waals surface area contributed by atoms with Crippen molar-refractivity contribution in [3.8, 4) is 11.6 Å². The molecule has 3 N–H and O–H groups in total. The van der Waals surface area contributed by atoms with E-state index in [0.717, 1.165) is 31.7 Å². The number of carbonyl (C=O) groups is 2. The SMILES string of the molecule is CCCOc1ncccc1OC[C@@H]1CNCC[C@H]1c1ccccc1.O=C(O)/C=C/C(=O)O. The van der Waals surface area contributed by atoms with Crippen LogP contribution in [0.15, 0.2) is 60.8 Å². The Hall–Kier alpha value is -3.39. The maximum absolute atomic E-state index is 9.55. The number of nitrogens with zero attached hydrogens (tertiary/aromatic N) is 1. The van der Waals surface area contributed by atoms with E-state index in [9.17, 15) is 9.59 Å². The summed E-state index contributed by atoms with van der Waals surface area (Å²) < 4.78 is 11.8. The van der Waals surface area contributed by atoms with Gasteiger partial charge in [-0.05, 0) is 43.0 Å². The predicted octanol–water partition coefficient (Wildman–Crippen LogP) is 3.35. The molecule has 0 radical (unpaired) electrons. The molecule has 8 heteroatoms. The number of carboxylic acids is 2. The topological polar surface area (TPSA) is 118 Å². The summed E-state index contributed by atoms with van der Waals surface area (Å²) in [5.74, 6) is -0.202. The summed E-state index contributed by atoms with van der Waals surface area (Å²) in [5.41, 5.74) is 1.40. The van der Waals surface area contributed by atoms with Crippen molar-refractivity contribution in [2.45, 2.75) is 25.7 Å². The minimum atomic E-state index is -1.26. The van der Waals surface area contributed by atoms with Crippen molar-refractivity contribution in [2.75, 3.05) is 26.3 Å². The van der Waals surface area contributed by atoms with Gasteiger partial charge in [-0.25, -0.2) is 14.6 Å². The maximum Gasteiger partial charge on any atom is 0.328 e. The summed E-state index contributed by atoms with van der Waals surface area (Å²) in [6.45, 7) is 5.45. The average molecular weight is 443 g/mol. The van der Waals surface area contributed by atoms with E-state index in [1.165, 1.54) is 5.56 Å². The molecular formula is C24H30N2O6. The number of aliphatic carboxylic acids is 2. The quantitative estimate of drug-likeness (QED) is 0.506. The highest BCUT2D eigenvalue weighted by molar-refractivity contribution is 5.89. The van der Waals surface area contributed by atoms with Crippen LogP contribution in [0.25, 0.3) is 0 Å². The molecule has 1 aromatic heterocycles. The summed E-state index contributed by atoms with van der Waals surface area (Å²) in [4.78, 5) is 23.4. The van der Waals surface area contributed by atoms with Gasteiger partial charge < -0.3 is 25.0 Å². The fourth-order valence-corrected chi connectivity index (χ4v) is 3.37. The van der Waals surface area contributed by atoms with Crippen LogP contribution in [0.4, 0.5) is 0 Å². The van der Waals surface area contributed by atoms with Crippen molar-refractivity contribution >= 4 is 11.9 Å². The Morgan fingerprint density at radius 3 is 2.47 bits per heavy atom. The Bertz CT molecular complexity index is 856. The summed E-state index contributed by atoms with van der Waals surface area (Å²) in [6, 6.07) is 14.6. The van der Waals surface area contributed by atoms with Gasteiger partial charge in [0.2, 0.25) is 0 Å². The molecule has 0 bridgehead atoms. The lowest BCUT2D eigenvalue weighted by molar-refractivity contribution is -0.134. The molecule has 1 aliphatic heterocycles. The predicted molar refractivity (Wildman–Crippen MR) is 120 cm³/mol. The zero-order chi connectivity index (χ0) is 23.2. The van der Waals surface area contributed by atoms with Gasteiger partial charge in [-0.2, -0.15) is 0 Å². The van der Waals surface area contributed by atoms with Gasteiger partial charge in [-0.1, -0.05) is 37.3 Å². The second-order valence-electron chi connectivity index (χ2n) is 7.25. The standard InChI is InChI=1S/C20H26N2O2.C4H4O4/c1-2-13-23-20-19(9-6-11-22-20)24-15-17-14-21-12-10-18(17)16-7-4-3-5-8-16;5-3(6)1-2-4(7)8/h3-9,11,17-18,21H,2,10,12-15H2,1H3;1-2H,(H,5,6)(H,7,8)/b;2-1+/t17-,18-;/m0./s1. The molecule has 1 fully saturated rings. The molecule has 1 aromatic carbocycles. The number of hydrogen-bond donors (Lipinski definition) is 3. The normalized spacial score (nSPS) is 17.8. The number of ether oxygens (including phenoxy) is 2. The van der Waals surface area contributed by atoms with Gasteiger partial charge in [0.05, 0.1) is 13.2 Å². The molecule has 2 aromatic rings. The lowest BCUT2D eigenvalue weighted by Gasteiger charge is -2.32. The van der Waals surface area contributed by atoms with Crippen molar-refractivity contribution < 1.29 is 29.3 Å². The van der Waals surface area contributed by atoms with Crippen LogP contribution in [0.1, 0.15) is 31.2 Å². The number of hydrogen-bond acceptors (Lipinski definition) is 6. The number of carboxylic acid groups (broad SMARTS) is 2. The van der Waals surface area contributed by atoms with E-state index in [4.69, 9.17) is 19.7 Å². The number of benzene rings is 1. The fourth-order valence-electron chi connectivity index (χ4n) is 3.37. The zero-order valence-corrected chi connectivity index (χ0v) is 18.1. The smallest absolute Gasteiger partial charge is 0.328 e. The van der Waals surface area contributed by atoms with Crippen LogP contribution >= 0.6 is 0 Å². The molecule has 0 amide bonds. The van der Waals surface area contributed by atoms with E-state index >= 15 is 0 Å². The molecule has 0 spiro atoms. The van der Waals surface area contributed by atoms with Crippen molar-refractivity contribution in [3.05, 3.63) is 66.4 Å². The lowest BCUT2D eigenvalue weighted by atomic mass is 9.81. The summed E-state index contributed by atoms with van der Waals surface area (Å²) in [5, 5.41) is 19.1. The van der Waals surface area contributed by atoms with Gasteiger partial charge >= 0.3 is 11.9 Å². The summed E-state index contributed by atoms with van der Waals surface area (Å²) in [7, 11) is 0. The molecule has 172 valence electrons. The van der Waals surface area contributed by atoms with Crippen LogP contribution in [-0.2, 0) is 9.59 Å². The van der Waals surface area contributed by atoms with Gasteiger partial charge in [0.25, 0.3) is 5.88 Å². The molecule has 32 heavy (non-hydrogen) atoms. The largest absolute Gasteiger partial charge is 0.488 e. The van der Waals surface area contributed by atoms with Crippen LogP contribution in [0, 0.1) is 5.92 Å². The third-order valence-electron chi connectivity index (χ3n) is 4.84. The first-order valence-corrected chi connectivity index (χ1v) is 10.6. The number of rotatable bonds is 9. The van der Waals surface area contributed by atoms with Crippen LogP contribution in [0.2, 0.25) is 0 Å². The maximum atomic E-state index is 9.55. The molecule has 0 saturated carbocycles. The van der Waals surface area contributed by atoms with Crippen LogP contribution in [0.3, 0.4) is 0 Å². The monoisotopic (exact) mass is 442 g/mol. The van der Waals surface area contributed by atoms with E-state index in [1.807, 2.05) is 12.1 Å². The number of aromatic nitrogens is 1. The zero-order valence-electron chi connectivity index (χ0n) is 18.1. The van der Waals surface area contributed by atoms with Crippen LogP contribution in [0.5, 0.6) is 11.6 Å². The first-order valence-electron chi connectivity index (χ1n) is 10.6. The second-order valence-corrected chi connectivity index (χ2v) is 7.25. The van der Waals surface area contributed by atoms with Crippen LogP contribution < -0.4 is 14.8 Å². The molecule has 0 aliphatic carbocycles. The van der Waals surface area contributed by atoms with E-state index in [1.54, 1.807) is 6.20 Å². The fraction of sp³-hybridized carbons (Fsp3) is 0.375. The minimum absolute atomic E-state index is 0.445. The second kappa shape index (κ2) is 13.8.